The molecule has 5 heteroatoms. The van der Waals surface area contributed by atoms with Crippen LogP contribution in [0.3, 0.4) is 0 Å². The number of ether oxygens (including phenoxy) is 1. The van der Waals surface area contributed by atoms with E-state index in [0.717, 1.165) is 12.8 Å². The predicted octanol–water partition coefficient (Wildman–Crippen LogP) is 2.47. The first kappa shape index (κ1) is 15.1. The molecule has 18 heavy (non-hydrogen) atoms. The summed E-state index contributed by atoms with van der Waals surface area (Å²) in [5.74, 6) is 1.65. The first-order valence-corrected chi connectivity index (χ1v) is 6.78. The minimum Gasteiger partial charge on any atom is -0.370 e. The van der Waals surface area contributed by atoms with Gasteiger partial charge in [-0.05, 0) is 19.3 Å². The van der Waals surface area contributed by atoms with Crippen LogP contribution >= 0.6 is 0 Å². The average Bonchev–Trinajstić information content (AvgIpc) is 2.77. The van der Waals surface area contributed by atoms with Crippen molar-refractivity contribution >= 4 is 0 Å². The molecule has 0 spiro atoms. The van der Waals surface area contributed by atoms with Gasteiger partial charge in [0.2, 0.25) is 11.7 Å². The van der Waals surface area contributed by atoms with Gasteiger partial charge in [0.15, 0.2) is 0 Å². The molecule has 0 saturated heterocycles. The predicted molar refractivity (Wildman–Crippen MR) is 70.1 cm³/mol. The molecule has 104 valence electrons. The van der Waals surface area contributed by atoms with E-state index in [4.69, 9.17) is 15.0 Å². The maximum Gasteiger partial charge on any atom is 0.228 e. The molecule has 0 aliphatic carbocycles. The van der Waals surface area contributed by atoms with Crippen LogP contribution < -0.4 is 5.73 Å². The minimum absolute atomic E-state index is 0.0509. The Bertz CT molecular complexity index is 333. The second-order valence-corrected chi connectivity index (χ2v) is 4.89. The smallest absolute Gasteiger partial charge is 0.228 e. The number of aromatic nitrogens is 2. The van der Waals surface area contributed by atoms with E-state index in [0.29, 0.717) is 30.7 Å². The Labute approximate surface area is 109 Å². The number of hydrogen-bond donors (Lipinski definition) is 1. The number of nitrogens with two attached hydrogens (primary N) is 1. The van der Waals surface area contributed by atoms with Gasteiger partial charge in [0.1, 0.15) is 6.10 Å². The zero-order chi connectivity index (χ0) is 13.5. The lowest BCUT2D eigenvalue weighted by Crippen LogP contribution is -2.28. The van der Waals surface area contributed by atoms with Gasteiger partial charge in [-0.3, -0.25) is 0 Å². The fraction of sp³-hybridized carbons (Fsp3) is 0.846. The Balaban J connectivity index is 2.65. The second kappa shape index (κ2) is 7.48. The number of hydrogen-bond acceptors (Lipinski definition) is 5. The molecule has 5 nitrogen and oxygen atoms in total. The Kier molecular flexibility index (Phi) is 6.29. The quantitative estimate of drug-likeness (QED) is 0.772. The van der Waals surface area contributed by atoms with Crippen LogP contribution in [0.25, 0.3) is 0 Å². The Morgan fingerprint density at radius 3 is 2.61 bits per heavy atom. The van der Waals surface area contributed by atoms with E-state index in [1.807, 2.05) is 6.92 Å². The average molecular weight is 255 g/mol. The zero-order valence-electron chi connectivity index (χ0n) is 11.8. The third-order valence-corrected chi connectivity index (χ3v) is 2.96. The van der Waals surface area contributed by atoms with Crippen molar-refractivity contribution < 1.29 is 9.26 Å². The van der Waals surface area contributed by atoms with E-state index in [1.54, 1.807) is 0 Å². The Morgan fingerprint density at radius 2 is 2.06 bits per heavy atom. The van der Waals surface area contributed by atoms with Crippen LogP contribution in [-0.2, 0) is 11.2 Å². The van der Waals surface area contributed by atoms with Gasteiger partial charge in [-0.1, -0.05) is 32.3 Å². The molecule has 2 N–H and O–H groups in total. The highest BCUT2D eigenvalue weighted by Crippen LogP contribution is 2.20. The lowest BCUT2D eigenvalue weighted by atomic mass is 10.0. The van der Waals surface area contributed by atoms with Crippen LogP contribution in [0.4, 0.5) is 0 Å². The first-order valence-electron chi connectivity index (χ1n) is 6.78. The van der Waals surface area contributed by atoms with Crippen molar-refractivity contribution in [3.8, 4) is 0 Å². The van der Waals surface area contributed by atoms with Gasteiger partial charge < -0.3 is 15.0 Å². The largest absolute Gasteiger partial charge is 0.370 e. The number of rotatable bonds is 8. The Hall–Kier alpha value is -0.940. The van der Waals surface area contributed by atoms with E-state index in [9.17, 15) is 0 Å². The summed E-state index contributed by atoms with van der Waals surface area (Å²) in [5, 5.41) is 4.00. The van der Waals surface area contributed by atoms with Crippen molar-refractivity contribution in [2.75, 3.05) is 6.61 Å². The molecule has 2 atom stereocenters. The molecule has 1 aromatic rings. The van der Waals surface area contributed by atoms with Crippen molar-refractivity contribution in [3.63, 3.8) is 0 Å². The van der Waals surface area contributed by atoms with Crippen LogP contribution in [-0.4, -0.2) is 22.8 Å². The SMILES string of the molecule is CCCC(OCC)c1noc(CC(N)C(C)C)n1. The minimum atomic E-state index is -0.0622. The van der Waals surface area contributed by atoms with Gasteiger partial charge >= 0.3 is 0 Å². The fourth-order valence-corrected chi connectivity index (χ4v) is 1.67. The monoisotopic (exact) mass is 255 g/mol. The molecule has 0 radical (unpaired) electrons. The summed E-state index contributed by atoms with van der Waals surface area (Å²) in [7, 11) is 0. The summed E-state index contributed by atoms with van der Waals surface area (Å²) in [5.41, 5.74) is 5.99. The van der Waals surface area contributed by atoms with Gasteiger partial charge in [0, 0.05) is 19.1 Å². The summed E-state index contributed by atoms with van der Waals surface area (Å²) in [6, 6.07) is 0.0509. The third kappa shape index (κ3) is 4.38. The summed E-state index contributed by atoms with van der Waals surface area (Å²) in [4.78, 5) is 4.39. The van der Waals surface area contributed by atoms with Crippen LogP contribution in [0.5, 0.6) is 0 Å². The van der Waals surface area contributed by atoms with Crippen LogP contribution in [0.2, 0.25) is 0 Å². The van der Waals surface area contributed by atoms with Crippen molar-refractivity contribution in [1.29, 1.82) is 0 Å². The molecule has 0 bridgehead atoms. The van der Waals surface area contributed by atoms with Gasteiger partial charge in [0.25, 0.3) is 0 Å². The summed E-state index contributed by atoms with van der Waals surface area (Å²) in [6.45, 7) is 8.91. The maximum absolute atomic E-state index is 5.99. The molecular weight excluding hydrogens is 230 g/mol. The van der Waals surface area contributed by atoms with Gasteiger partial charge in [-0.2, -0.15) is 4.98 Å². The summed E-state index contributed by atoms with van der Waals surface area (Å²) in [6.07, 6.45) is 2.49. The highest BCUT2D eigenvalue weighted by Gasteiger charge is 2.19. The molecule has 2 unspecified atom stereocenters. The molecule has 0 aliphatic rings. The maximum atomic E-state index is 5.99. The van der Waals surface area contributed by atoms with E-state index in [2.05, 4.69) is 30.9 Å². The lowest BCUT2D eigenvalue weighted by Gasteiger charge is -2.12. The highest BCUT2D eigenvalue weighted by atomic mass is 16.5. The molecular formula is C13H25N3O2. The molecule has 1 aromatic heterocycles. The third-order valence-electron chi connectivity index (χ3n) is 2.96. The topological polar surface area (TPSA) is 74.2 Å². The van der Waals surface area contributed by atoms with Gasteiger partial charge in [-0.15, -0.1) is 0 Å². The van der Waals surface area contributed by atoms with Crippen LogP contribution in [0.1, 0.15) is 58.4 Å². The number of nitrogens with zero attached hydrogens (tertiary/aromatic N) is 2. The molecule has 0 amide bonds. The van der Waals surface area contributed by atoms with Crippen molar-refractivity contribution in [1.82, 2.24) is 10.1 Å². The van der Waals surface area contributed by atoms with Crippen molar-refractivity contribution in [2.45, 2.75) is 59.1 Å². The van der Waals surface area contributed by atoms with Crippen molar-refractivity contribution in [2.24, 2.45) is 11.7 Å². The standard InChI is InChI=1S/C13H25N3O2/c1-5-7-11(17-6-2)13-15-12(18-16-13)8-10(14)9(3)4/h9-11H,5-8,14H2,1-4H3. The lowest BCUT2D eigenvalue weighted by molar-refractivity contribution is 0.0477. The van der Waals surface area contributed by atoms with E-state index in [-0.39, 0.29) is 12.1 Å². The first-order chi connectivity index (χ1) is 8.58. The molecule has 0 saturated carbocycles. The van der Waals surface area contributed by atoms with E-state index < -0.39 is 0 Å². The summed E-state index contributed by atoms with van der Waals surface area (Å²) >= 11 is 0. The molecule has 0 aliphatic heterocycles. The van der Waals surface area contributed by atoms with Gasteiger partial charge in [0.05, 0.1) is 0 Å². The zero-order valence-corrected chi connectivity index (χ0v) is 11.8. The second-order valence-electron chi connectivity index (χ2n) is 4.89. The molecule has 1 rings (SSSR count). The van der Waals surface area contributed by atoms with Crippen LogP contribution in [0.15, 0.2) is 4.52 Å². The van der Waals surface area contributed by atoms with Gasteiger partial charge in [-0.25, -0.2) is 0 Å². The fourth-order valence-electron chi connectivity index (χ4n) is 1.67. The normalized spacial score (nSPS) is 15.0. The molecule has 0 aromatic carbocycles. The van der Waals surface area contributed by atoms with Crippen LogP contribution in [0, 0.1) is 5.92 Å². The van der Waals surface area contributed by atoms with Crippen molar-refractivity contribution in [3.05, 3.63) is 11.7 Å². The molecule has 0 fully saturated rings. The molecule has 1 heterocycles. The summed E-state index contributed by atoms with van der Waals surface area (Å²) < 4.78 is 10.9. The highest BCUT2D eigenvalue weighted by molar-refractivity contribution is 4.93. The van der Waals surface area contributed by atoms with E-state index in [1.165, 1.54) is 0 Å². The van der Waals surface area contributed by atoms with E-state index >= 15 is 0 Å². The Morgan fingerprint density at radius 1 is 1.33 bits per heavy atom.